The minimum atomic E-state index is -2.93. The maximum atomic E-state index is 15.5. The summed E-state index contributed by atoms with van der Waals surface area (Å²) in [6.07, 6.45) is 3.41. The van der Waals surface area contributed by atoms with Crippen LogP contribution < -0.4 is 20.9 Å². The Morgan fingerprint density at radius 2 is 1.79 bits per heavy atom. The minimum Gasteiger partial charge on any atom is -0.507 e. The van der Waals surface area contributed by atoms with Gasteiger partial charge < -0.3 is 35.0 Å². The number of azide groups is 1. The Kier molecular flexibility index (Phi) is 9.52. The van der Waals surface area contributed by atoms with E-state index in [2.05, 4.69) is 15.2 Å². The number of aromatic nitrogens is 1. The van der Waals surface area contributed by atoms with Gasteiger partial charge in [0.05, 0.1) is 24.8 Å². The molecule has 1 saturated carbocycles. The summed E-state index contributed by atoms with van der Waals surface area (Å²) >= 11 is 0. The average Bonchev–Trinajstić information content (AvgIpc) is 3.45. The van der Waals surface area contributed by atoms with Crippen LogP contribution in [-0.4, -0.2) is 55.5 Å². The molecule has 0 saturated heterocycles. The van der Waals surface area contributed by atoms with E-state index in [1.165, 1.54) is 0 Å². The molecule has 1 aromatic heterocycles. The number of ketones is 2. The summed E-state index contributed by atoms with van der Waals surface area (Å²) < 4.78 is 24.7. The molecule has 0 unspecified atom stereocenters. The topological polar surface area (TPSA) is 209 Å². The van der Waals surface area contributed by atoms with Gasteiger partial charge >= 0.3 is 0 Å². The fourth-order valence-electron chi connectivity index (χ4n) is 7.03. The predicted molar refractivity (Wildman–Crippen MR) is 183 cm³/mol. The number of nitrogens with two attached hydrogens (primary N) is 2. The molecule has 14 heteroatoms. The maximum absolute atomic E-state index is 15.5. The lowest BCUT2D eigenvalue weighted by molar-refractivity contribution is -0.140. The van der Waals surface area contributed by atoms with Gasteiger partial charge in [-0.15, -0.1) is 0 Å². The second kappa shape index (κ2) is 12.9. The van der Waals surface area contributed by atoms with E-state index in [9.17, 15) is 10.6 Å². The Balaban J connectivity index is 1.81. The van der Waals surface area contributed by atoms with Gasteiger partial charge in [0.2, 0.25) is 11.6 Å². The highest BCUT2D eigenvalue weighted by molar-refractivity contribution is 6.74. The number of aliphatic hydroxyl groups is 1. The van der Waals surface area contributed by atoms with E-state index >= 15 is 9.59 Å². The number of benzene rings is 1. The van der Waals surface area contributed by atoms with E-state index in [4.69, 9.17) is 29.9 Å². The van der Waals surface area contributed by atoms with Gasteiger partial charge in [-0.25, -0.2) is 0 Å². The van der Waals surface area contributed by atoms with Crippen LogP contribution in [0.1, 0.15) is 100 Å². The second-order valence-electron chi connectivity index (χ2n) is 14.8. The SMILES string of the molecule is CCCCOc1ccc(N)c2c1C(O)=C1C(=O)[C@]3(O[Si](C)(C)C(C)(C)C)C(=O)c4c(OCCCC)noc4[C@@H](N)[C@@H]3C[C@]1(CN=[N+]=[N-])C2. The van der Waals surface area contributed by atoms with Gasteiger partial charge in [0.25, 0.3) is 5.88 Å². The highest BCUT2D eigenvalue weighted by atomic mass is 28.4. The standard InChI is InChI=1S/C34H48N6O7Si/c1-8-10-14-44-22-13-12-21(35)19-16-33(18-38-40-37)17-20-26(36)28-24(31(39-46-28)45-15-11-9-2)29(42)34(20,47-48(6,7)32(3,4)5)30(43)25(33)27(41)23(19)22/h12-13,20,26,41H,8-11,14-18,35-36H2,1-7H3/t20-,26-,33-,34+/m0/s1. The van der Waals surface area contributed by atoms with Crippen LogP contribution in [0.25, 0.3) is 16.2 Å². The third kappa shape index (κ3) is 5.48. The number of Topliss-reactive ketones (excluding diaryl/α,β-unsaturated/α-hetero) is 2. The molecule has 3 aliphatic carbocycles. The largest absolute Gasteiger partial charge is 0.507 e. The van der Waals surface area contributed by atoms with Crippen LogP contribution >= 0.6 is 0 Å². The van der Waals surface area contributed by atoms with Crippen LogP contribution in [-0.2, 0) is 15.6 Å². The van der Waals surface area contributed by atoms with Gasteiger partial charge in [0.15, 0.2) is 19.7 Å². The molecule has 2 aromatic rings. The molecule has 5 rings (SSSR count). The zero-order chi connectivity index (χ0) is 35.2. The van der Waals surface area contributed by atoms with E-state index in [1.807, 2.05) is 47.7 Å². The maximum Gasteiger partial charge on any atom is 0.265 e. The van der Waals surface area contributed by atoms with Crippen LogP contribution in [0.15, 0.2) is 27.3 Å². The molecule has 3 aliphatic rings. The molecule has 0 radical (unpaired) electrons. The first kappa shape index (κ1) is 35.5. The first-order chi connectivity index (χ1) is 22.6. The summed E-state index contributed by atoms with van der Waals surface area (Å²) in [6, 6.07) is 2.35. The third-order valence-electron chi connectivity index (χ3n) is 10.7. The fraction of sp³-hybridized carbons (Fsp3) is 0.618. The Hall–Kier alpha value is -3.84. The quantitative estimate of drug-likeness (QED) is 0.0398. The number of hydrogen-bond donors (Lipinski definition) is 3. The van der Waals surface area contributed by atoms with Crippen LogP contribution in [0.3, 0.4) is 0 Å². The molecule has 5 N–H and O–H groups in total. The molecule has 260 valence electrons. The summed E-state index contributed by atoms with van der Waals surface area (Å²) in [6.45, 7) is 14.5. The number of carbonyl (C=O) groups excluding carboxylic acids is 2. The fourth-order valence-corrected chi connectivity index (χ4v) is 8.48. The van der Waals surface area contributed by atoms with Crippen molar-refractivity contribution in [3.05, 3.63) is 50.6 Å². The molecule has 0 amide bonds. The molecule has 13 nitrogen and oxygen atoms in total. The molecule has 0 spiro atoms. The zero-order valence-electron chi connectivity index (χ0n) is 29.0. The lowest BCUT2D eigenvalue weighted by atomic mass is 9.51. The van der Waals surface area contributed by atoms with E-state index in [0.29, 0.717) is 30.0 Å². The number of aliphatic hydroxyl groups excluding tert-OH is 1. The van der Waals surface area contributed by atoms with E-state index in [1.54, 1.807) is 12.1 Å². The van der Waals surface area contributed by atoms with Crippen molar-refractivity contribution in [1.82, 2.24) is 5.16 Å². The zero-order valence-corrected chi connectivity index (χ0v) is 30.0. The summed E-state index contributed by atoms with van der Waals surface area (Å²) in [5.74, 6) is -2.30. The van der Waals surface area contributed by atoms with Crippen molar-refractivity contribution >= 4 is 31.3 Å². The number of unbranched alkanes of at least 4 members (excludes halogenated alkanes) is 2. The molecule has 0 bridgehead atoms. The van der Waals surface area contributed by atoms with Crippen molar-refractivity contribution in [3.63, 3.8) is 0 Å². The number of ether oxygens (including phenoxy) is 2. The summed E-state index contributed by atoms with van der Waals surface area (Å²) in [5, 5.41) is 19.9. The van der Waals surface area contributed by atoms with Crippen molar-refractivity contribution in [2.75, 3.05) is 25.5 Å². The molecule has 1 aromatic carbocycles. The Morgan fingerprint density at radius 3 is 2.42 bits per heavy atom. The Bertz CT molecular complexity index is 1690. The molecule has 0 aliphatic heterocycles. The van der Waals surface area contributed by atoms with Gasteiger partial charge in [0.1, 0.15) is 17.1 Å². The highest BCUT2D eigenvalue weighted by Gasteiger charge is 2.70. The average molecular weight is 681 g/mol. The number of rotatable bonds is 12. The smallest absolute Gasteiger partial charge is 0.265 e. The Labute approximate surface area is 282 Å². The van der Waals surface area contributed by atoms with Crippen molar-refractivity contribution in [3.8, 4) is 11.6 Å². The normalized spacial score (nSPS) is 25.1. The van der Waals surface area contributed by atoms with Gasteiger partial charge in [0, 0.05) is 34.0 Å². The number of anilines is 1. The van der Waals surface area contributed by atoms with Crippen molar-refractivity contribution in [2.24, 2.45) is 22.2 Å². The Morgan fingerprint density at radius 1 is 1.12 bits per heavy atom. The minimum absolute atomic E-state index is 0.0198. The van der Waals surface area contributed by atoms with Gasteiger partial charge in [-0.1, -0.05) is 52.6 Å². The van der Waals surface area contributed by atoms with E-state index in [-0.39, 0.29) is 60.1 Å². The van der Waals surface area contributed by atoms with Crippen LogP contribution in [0, 0.1) is 11.3 Å². The number of nitrogens with zero attached hydrogens (tertiary/aromatic N) is 4. The lowest BCUT2D eigenvalue weighted by Gasteiger charge is -2.57. The number of hydrogen-bond acceptors (Lipinski definition) is 11. The molecule has 1 fully saturated rings. The van der Waals surface area contributed by atoms with Crippen molar-refractivity contribution in [1.29, 1.82) is 0 Å². The second-order valence-corrected chi connectivity index (χ2v) is 19.5. The summed E-state index contributed by atoms with van der Waals surface area (Å²) in [7, 11) is -2.93. The summed E-state index contributed by atoms with van der Waals surface area (Å²) in [5.41, 5.74) is 20.7. The van der Waals surface area contributed by atoms with Crippen molar-refractivity contribution in [2.45, 2.75) is 103 Å². The number of carbonyl (C=O) groups is 2. The predicted octanol–water partition coefficient (Wildman–Crippen LogP) is 6.98. The van der Waals surface area contributed by atoms with E-state index in [0.717, 1.165) is 19.3 Å². The van der Waals surface area contributed by atoms with Gasteiger partial charge in [-0.2, -0.15) is 0 Å². The van der Waals surface area contributed by atoms with E-state index < -0.39 is 47.9 Å². The first-order valence-electron chi connectivity index (χ1n) is 16.8. The molecule has 48 heavy (non-hydrogen) atoms. The first-order valence-corrected chi connectivity index (χ1v) is 19.7. The number of nitrogen functional groups attached to an aromatic ring is 1. The van der Waals surface area contributed by atoms with Gasteiger partial charge in [-0.05, 0) is 72.2 Å². The third-order valence-corrected chi connectivity index (χ3v) is 15.1. The number of fused-ring (bicyclic) bond motifs is 4. The van der Waals surface area contributed by atoms with Crippen molar-refractivity contribution < 1.29 is 33.1 Å². The van der Waals surface area contributed by atoms with Gasteiger partial charge in [-0.3, -0.25) is 9.59 Å². The highest BCUT2D eigenvalue weighted by Crippen LogP contribution is 2.62. The molecule has 4 atom stereocenters. The molecular weight excluding hydrogens is 632 g/mol. The van der Waals surface area contributed by atoms with Crippen LogP contribution in [0.5, 0.6) is 11.6 Å². The lowest BCUT2D eigenvalue weighted by Crippen LogP contribution is -2.70. The summed E-state index contributed by atoms with van der Waals surface area (Å²) in [4.78, 5) is 33.6. The monoisotopic (exact) mass is 680 g/mol. The van der Waals surface area contributed by atoms with Crippen LogP contribution in [0.2, 0.25) is 18.1 Å². The van der Waals surface area contributed by atoms with Crippen LogP contribution in [0.4, 0.5) is 5.69 Å². The molecule has 1 heterocycles. The molecular formula is C34H48N6O7Si.